The highest BCUT2D eigenvalue weighted by molar-refractivity contribution is 6.14. The molecule has 0 bridgehead atoms. The van der Waals surface area contributed by atoms with Crippen molar-refractivity contribution in [2.75, 3.05) is 0 Å². The molecule has 3 amide bonds. The van der Waals surface area contributed by atoms with E-state index in [1.165, 1.54) is 19.1 Å². The number of ketones is 1. The maximum Gasteiger partial charge on any atom is 0.339 e. The highest BCUT2D eigenvalue weighted by atomic mass is 16.5. The van der Waals surface area contributed by atoms with Gasteiger partial charge in [-0.2, -0.15) is 0 Å². The van der Waals surface area contributed by atoms with Gasteiger partial charge < -0.3 is 10.1 Å². The SMILES string of the molecule is CC(C)NC(=O)NC(=O)C(C)OC(=O)c1ccccc1C(=O)c1ccccc1. The van der Waals surface area contributed by atoms with Crippen molar-refractivity contribution in [3.63, 3.8) is 0 Å². The number of benzene rings is 2. The number of imide groups is 1. The second kappa shape index (κ2) is 9.45. The third-order valence-corrected chi connectivity index (χ3v) is 3.74. The molecule has 0 radical (unpaired) electrons. The Balaban J connectivity index is 2.11. The number of carbonyl (C=O) groups is 4. The van der Waals surface area contributed by atoms with Crippen LogP contribution in [0.2, 0.25) is 0 Å². The van der Waals surface area contributed by atoms with Crippen LogP contribution in [0.4, 0.5) is 4.79 Å². The lowest BCUT2D eigenvalue weighted by Crippen LogP contribution is -2.46. The van der Waals surface area contributed by atoms with Crippen LogP contribution in [0.3, 0.4) is 0 Å². The largest absolute Gasteiger partial charge is 0.449 e. The summed E-state index contributed by atoms with van der Waals surface area (Å²) >= 11 is 0. The topological polar surface area (TPSA) is 102 Å². The summed E-state index contributed by atoms with van der Waals surface area (Å²) in [4.78, 5) is 48.8. The van der Waals surface area contributed by atoms with Crippen molar-refractivity contribution in [3.8, 4) is 0 Å². The monoisotopic (exact) mass is 382 g/mol. The molecule has 0 spiro atoms. The summed E-state index contributed by atoms with van der Waals surface area (Å²) in [5, 5.41) is 4.60. The highest BCUT2D eigenvalue weighted by Crippen LogP contribution is 2.16. The summed E-state index contributed by atoms with van der Waals surface area (Å²) in [7, 11) is 0. The lowest BCUT2D eigenvalue weighted by molar-refractivity contribution is -0.127. The number of hydrogen-bond acceptors (Lipinski definition) is 5. The van der Waals surface area contributed by atoms with Gasteiger partial charge in [0.1, 0.15) is 0 Å². The number of amides is 3. The van der Waals surface area contributed by atoms with E-state index in [9.17, 15) is 19.2 Å². The molecular weight excluding hydrogens is 360 g/mol. The normalized spacial score (nSPS) is 11.4. The summed E-state index contributed by atoms with van der Waals surface area (Å²) in [5.41, 5.74) is 0.644. The summed E-state index contributed by atoms with van der Waals surface area (Å²) in [6, 6.07) is 13.9. The van der Waals surface area contributed by atoms with Gasteiger partial charge >= 0.3 is 12.0 Å². The lowest BCUT2D eigenvalue weighted by atomic mass is 9.98. The molecular formula is C21H22N2O5. The Morgan fingerprint density at radius 1 is 0.821 bits per heavy atom. The smallest absolute Gasteiger partial charge is 0.339 e. The van der Waals surface area contributed by atoms with Gasteiger partial charge in [0.15, 0.2) is 11.9 Å². The molecule has 2 aromatic rings. The molecule has 7 nitrogen and oxygen atoms in total. The van der Waals surface area contributed by atoms with Gasteiger partial charge in [-0.15, -0.1) is 0 Å². The first-order valence-electron chi connectivity index (χ1n) is 8.80. The standard InChI is InChI=1S/C21H22N2O5/c1-13(2)22-21(27)23-19(25)14(3)28-20(26)17-12-8-7-11-16(17)18(24)15-9-5-4-6-10-15/h4-14H,1-3H3,(H2,22,23,25,27). The first kappa shape index (κ1) is 20.8. The summed E-state index contributed by atoms with van der Waals surface area (Å²) in [6.45, 7) is 4.83. The Morgan fingerprint density at radius 2 is 1.39 bits per heavy atom. The Labute approximate surface area is 163 Å². The van der Waals surface area contributed by atoms with Gasteiger partial charge in [-0.1, -0.05) is 48.5 Å². The Kier molecular flexibility index (Phi) is 7.03. The quantitative estimate of drug-likeness (QED) is 0.591. The first-order chi connectivity index (χ1) is 13.3. The van der Waals surface area contributed by atoms with E-state index in [-0.39, 0.29) is 23.0 Å². The van der Waals surface area contributed by atoms with Crippen molar-refractivity contribution in [1.29, 1.82) is 0 Å². The maximum absolute atomic E-state index is 12.7. The van der Waals surface area contributed by atoms with E-state index in [0.717, 1.165) is 0 Å². The molecule has 28 heavy (non-hydrogen) atoms. The number of urea groups is 1. The minimum absolute atomic E-state index is 0.0441. The number of nitrogens with one attached hydrogen (secondary N) is 2. The van der Waals surface area contributed by atoms with Crippen LogP contribution in [0.25, 0.3) is 0 Å². The number of ether oxygens (including phenoxy) is 1. The molecule has 146 valence electrons. The van der Waals surface area contributed by atoms with Gasteiger partial charge in [0.25, 0.3) is 5.91 Å². The molecule has 0 fully saturated rings. The van der Waals surface area contributed by atoms with Gasteiger partial charge in [-0.3, -0.25) is 14.9 Å². The summed E-state index contributed by atoms with van der Waals surface area (Å²) < 4.78 is 5.15. The van der Waals surface area contributed by atoms with Crippen molar-refractivity contribution < 1.29 is 23.9 Å². The molecule has 0 aliphatic carbocycles. The fraction of sp³-hybridized carbons (Fsp3) is 0.238. The molecule has 0 aliphatic rings. The molecule has 2 aromatic carbocycles. The Morgan fingerprint density at radius 3 is 2.00 bits per heavy atom. The van der Waals surface area contributed by atoms with Crippen molar-refractivity contribution in [1.82, 2.24) is 10.6 Å². The lowest BCUT2D eigenvalue weighted by Gasteiger charge is -2.15. The van der Waals surface area contributed by atoms with Gasteiger partial charge in [-0.05, 0) is 26.8 Å². The molecule has 0 aliphatic heterocycles. The zero-order valence-corrected chi connectivity index (χ0v) is 15.9. The van der Waals surface area contributed by atoms with Gasteiger partial charge in [0, 0.05) is 17.2 Å². The minimum Gasteiger partial charge on any atom is -0.449 e. The highest BCUT2D eigenvalue weighted by Gasteiger charge is 2.24. The number of carbonyl (C=O) groups excluding carboxylic acids is 4. The van der Waals surface area contributed by atoms with E-state index in [1.54, 1.807) is 56.3 Å². The Hall–Kier alpha value is -3.48. The van der Waals surface area contributed by atoms with Crippen LogP contribution in [-0.2, 0) is 9.53 Å². The second-order valence-corrected chi connectivity index (χ2v) is 6.41. The van der Waals surface area contributed by atoms with E-state index in [1.807, 2.05) is 0 Å². The first-order valence-corrected chi connectivity index (χ1v) is 8.80. The van der Waals surface area contributed by atoms with Crippen molar-refractivity contribution in [3.05, 3.63) is 71.3 Å². The van der Waals surface area contributed by atoms with Crippen molar-refractivity contribution in [2.45, 2.75) is 32.9 Å². The zero-order valence-electron chi connectivity index (χ0n) is 15.9. The molecule has 2 N–H and O–H groups in total. The molecule has 0 heterocycles. The van der Waals surface area contributed by atoms with Crippen LogP contribution in [0.1, 0.15) is 47.1 Å². The van der Waals surface area contributed by atoms with Crippen LogP contribution in [0, 0.1) is 0 Å². The van der Waals surface area contributed by atoms with Crippen molar-refractivity contribution >= 4 is 23.7 Å². The predicted octanol–water partition coefficient (Wildman–Crippen LogP) is 2.70. The average molecular weight is 382 g/mol. The minimum atomic E-state index is -1.22. The zero-order chi connectivity index (χ0) is 20.7. The molecule has 0 saturated carbocycles. The molecule has 7 heteroatoms. The van der Waals surface area contributed by atoms with Gasteiger partial charge in [0.2, 0.25) is 0 Å². The molecule has 0 saturated heterocycles. The number of esters is 1. The molecule has 2 rings (SSSR count). The second-order valence-electron chi connectivity index (χ2n) is 6.41. The number of hydrogen-bond donors (Lipinski definition) is 2. The molecule has 0 aromatic heterocycles. The fourth-order valence-corrected chi connectivity index (χ4v) is 2.39. The summed E-state index contributed by atoms with van der Waals surface area (Å²) in [6.07, 6.45) is -1.22. The van der Waals surface area contributed by atoms with E-state index in [2.05, 4.69) is 10.6 Å². The predicted molar refractivity (Wildman–Crippen MR) is 103 cm³/mol. The van der Waals surface area contributed by atoms with Gasteiger partial charge in [-0.25, -0.2) is 9.59 Å². The van der Waals surface area contributed by atoms with E-state index >= 15 is 0 Å². The Bertz CT molecular complexity index is 877. The van der Waals surface area contributed by atoms with E-state index in [4.69, 9.17) is 4.74 Å². The van der Waals surface area contributed by atoms with Crippen molar-refractivity contribution in [2.24, 2.45) is 0 Å². The van der Waals surface area contributed by atoms with E-state index < -0.39 is 24.0 Å². The average Bonchev–Trinajstić information content (AvgIpc) is 2.67. The van der Waals surface area contributed by atoms with Crippen LogP contribution in [-0.4, -0.2) is 35.8 Å². The molecule has 1 atom stereocenters. The van der Waals surface area contributed by atoms with Crippen LogP contribution in [0.15, 0.2) is 54.6 Å². The maximum atomic E-state index is 12.7. The fourth-order valence-electron chi connectivity index (χ4n) is 2.39. The van der Waals surface area contributed by atoms with Crippen LogP contribution in [0.5, 0.6) is 0 Å². The van der Waals surface area contributed by atoms with Crippen LogP contribution < -0.4 is 10.6 Å². The third-order valence-electron chi connectivity index (χ3n) is 3.74. The number of rotatable bonds is 6. The van der Waals surface area contributed by atoms with E-state index in [0.29, 0.717) is 5.56 Å². The molecule has 1 unspecified atom stereocenters. The van der Waals surface area contributed by atoms with Crippen LogP contribution >= 0.6 is 0 Å². The summed E-state index contributed by atoms with van der Waals surface area (Å²) in [5.74, 6) is -1.92. The third kappa shape index (κ3) is 5.51. The van der Waals surface area contributed by atoms with Gasteiger partial charge in [0.05, 0.1) is 5.56 Å².